The van der Waals surface area contributed by atoms with Crippen LogP contribution in [0, 0.1) is 0 Å². The van der Waals surface area contributed by atoms with Crippen LogP contribution in [0.2, 0.25) is 0 Å². The number of para-hydroxylation sites is 1. The fourth-order valence-corrected chi connectivity index (χ4v) is 2.44. The summed E-state index contributed by atoms with van der Waals surface area (Å²) in [6.45, 7) is 2.99. The standard InChI is InChI=1S/C9H11N3S.ClH/c1-2-12-7-5-3-4-6-8(7)13-9(12)11-10;/h3-6H,2,10H2,1H3;1H/b11-9-;. The largest absolute Gasteiger partial charge is 0.320 e. The van der Waals surface area contributed by atoms with E-state index in [2.05, 4.69) is 28.7 Å². The van der Waals surface area contributed by atoms with E-state index in [0.29, 0.717) is 0 Å². The van der Waals surface area contributed by atoms with Gasteiger partial charge in [-0.3, -0.25) is 0 Å². The molecule has 0 atom stereocenters. The van der Waals surface area contributed by atoms with Gasteiger partial charge in [-0.1, -0.05) is 23.5 Å². The van der Waals surface area contributed by atoms with Crippen molar-refractivity contribution in [2.45, 2.75) is 13.5 Å². The Labute approximate surface area is 92.3 Å². The molecular formula is C9H12ClN3S. The number of aromatic nitrogens is 1. The predicted molar refractivity (Wildman–Crippen MR) is 62.5 cm³/mol. The molecule has 3 nitrogen and oxygen atoms in total. The number of fused-ring (bicyclic) bond motifs is 1. The van der Waals surface area contributed by atoms with E-state index < -0.39 is 0 Å². The molecule has 1 aromatic heterocycles. The van der Waals surface area contributed by atoms with Crippen LogP contribution in [-0.2, 0) is 6.54 Å². The first-order chi connectivity index (χ1) is 6.36. The van der Waals surface area contributed by atoms with Crippen LogP contribution < -0.4 is 10.6 Å². The summed E-state index contributed by atoms with van der Waals surface area (Å²) in [5.41, 5.74) is 1.21. The molecule has 2 N–H and O–H groups in total. The first-order valence-electron chi connectivity index (χ1n) is 4.19. The van der Waals surface area contributed by atoms with Crippen LogP contribution in [0.3, 0.4) is 0 Å². The van der Waals surface area contributed by atoms with Gasteiger partial charge >= 0.3 is 0 Å². The lowest BCUT2D eigenvalue weighted by Gasteiger charge is -1.97. The third-order valence-corrected chi connectivity index (χ3v) is 3.09. The molecule has 2 aromatic rings. The Morgan fingerprint density at radius 2 is 2.14 bits per heavy atom. The maximum absolute atomic E-state index is 5.30. The normalized spacial score (nSPS) is 11.6. The summed E-state index contributed by atoms with van der Waals surface area (Å²) < 4.78 is 3.34. The minimum Gasteiger partial charge on any atom is -0.320 e. The number of nitrogens with two attached hydrogens (primary N) is 1. The van der Waals surface area contributed by atoms with Crippen LogP contribution in [0.1, 0.15) is 6.92 Å². The molecule has 1 aromatic carbocycles. The van der Waals surface area contributed by atoms with Crippen LogP contribution in [0.25, 0.3) is 10.2 Å². The molecule has 0 bridgehead atoms. The van der Waals surface area contributed by atoms with Crippen molar-refractivity contribution < 1.29 is 0 Å². The number of hydrogen-bond acceptors (Lipinski definition) is 3. The maximum Gasteiger partial charge on any atom is 0.208 e. The Hall–Kier alpha value is -1.00. The Bertz CT molecular complexity index is 486. The van der Waals surface area contributed by atoms with Crippen molar-refractivity contribution in [3.63, 3.8) is 0 Å². The van der Waals surface area contributed by atoms with Gasteiger partial charge in [0.15, 0.2) is 0 Å². The van der Waals surface area contributed by atoms with Crippen molar-refractivity contribution in [3.05, 3.63) is 29.1 Å². The molecule has 0 saturated heterocycles. The second-order valence-electron chi connectivity index (χ2n) is 2.73. The topological polar surface area (TPSA) is 43.3 Å². The van der Waals surface area contributed by atoms with E-state index in [0.717, 1.165) is 11.3 Å². The van der Waals surface area contributed by atoms with Crippen molar-refractivity contribution in [1.29, 1.82) is 0 Å². The third-order valence-electron chi connectivity index (χ3n) is 2.01. The summed E-state index contributed by atoms with van der Waals surface area (Å²) in [5, 5.41) is 3.76. The number of nitrogens with zero attached hydrogens (tertiary/aromatic N) is 2. The van der Waals surface area contributed by atoms with Crippen LogP contribution in [0.5, 0.6) is 0 Å². The molecule has 0 aliphatic heterocycles. The van der Waals surface area contributed by atoms with E-state index in [4.69, 9.17) is 5.84 Å². The van der Waals surface area contributed by atoms with Gasteiger partial charge in [0.05, 0.1) is 10.2 Å². The number of rotatable bonds is 1. The molecule has 0 aliphatic rings. The summed E-state index contributed by atoms with van der Waals surface area (Å²) in [4.78, 5) is 0.878. The molecule has 76 valence electrons. The SMILES string of the molecule is CCn1/c(=N/N)sc2ccccc21.Cl. The van der Waals surface area contributed by atoms with E-state index in [1.165, 1.54) is 10.2 Å². The van der Waals surface area contributed by atoms with Gasteiger partial charge in [-0.15, -0.1) is 12.4 Å². The van der Waals surface area contributed by atoms with Crippen LogP contribution in [-0.4, -0.2) is 4.57 Å². The van der Waals surface area contributed by atoms with Gasteiger partial charge in [0.1, 0.15) is 0 Å². The summed E-state index contributed by atoms with van der Waals surface area (Å²) in [5.74, 6) is 5.30. The highest BCUT2D eigenvalue weighted by Gasteiger charge is 2.01. The molecule has 0 fully saturated rings. The zero-order chi connectivity index (χ0) is 9.26. The van der Waals surface area contributed by atoms with Gasteiger partial charge in [0.25, 0.3) is 0 Å². The molecule has 0 spiro atoms. The minimum atomic E-state index is 0. The first-order valence-corrected chi connectivity index (χ1v) is 5.00. The van der Waals surface area contributed by atoms with Gasteiger partial charge in [-0.25, -0.2) is 0 Å². The van der Waals surface area contributed by atoms with E-state index >= 15 is 0 Å². The molecule has 0 unspecified atom stereocenters. The van der Waals surface area contributed by atoms with Gasteiger partial charge < -0.3 is 10.4 Å². The fraction of sp³-hybridized carbons (Fsp3) is 0.222. The average Bonchev–Trinajstić information content (AvgIpc) is 2.55. The van der Waals surface area contributed by atoms with Crippen LogP contribution in [0.4, 0.5) is 0 Å². The monoisotopic (exact) mass is 229 g/mol. The summed E-state index contributed by atoms with van der Waals surface area (Å²) >= 11 is 1.62. The molecule has 14 heavy (non-hydrogen) atoms. The number of hydrogen-bond donors (Lipinski definition) is 1. The molecule has 0 amide bonds. The molecule has 0 radical (unpaired) electrons. The van der Waals surface area contributed by atoms with Crippen molar-refractivity contribution in [2.75, 3.05) is 0 Å². The van der Waals surface area contributed by atoms with Crippen molar-refractivity contribution in [2.24, 2.45) is 10.9 Å². The van der Waals surface area contributed by atoms with E-state index in [1.54, 1.807) is 11.3 Å². The second-order valence-corrected chi connectivity index (χ2v) is 3.73. The zero-order valence-corrected chi connectivity index (χ0v) is 9.44. The van der Waals surface area contributed by atoms with Crippen LogP contribution in [0.15, 0.2) is 29.4 Å². The Kier molecular flexibility index (Phi) is 3.55. The first kappa shape index (κ1) is 11.1. The molecule has 2 rings (SSSR count). The lowest BCUT2D eigenvalue weighted by Crippen LogP contribution is -2.15. The highest BCUT2D eigenvalue weighted by molar-refractivity contribution is 7.16. The molecule has 5 heteroatoms. The second kappa shape index (κ2) is 4.48. The lowest BCUT2D eigenvalue weighted by atomic mass is 10.3. The summed E-state index contributed by atoms with van der Waals surface area (Å²) in [7, 11) is 0. The summed E-state index contributed by atoms with van der Waals surface area (Å²) in [6, 6.07) is 8.23. The number of aryl methyl sites for hydroxylation is 1. The smallest absolute Gasteiger partial charge is 0.208 e. The zero-order valence-electron chi connectivity index (χ0n) is 7.80. The van der Waals surface area contributed by atoms with E-state index in [-0.39, 0.29) is 12.4 Å². The van der Waals surface area contributed by atoms with Crippen molar-refractivity contribution >= 4 is 34.0 Å². The molecule has 1 heterocycles. The van der Waals surface area contributed by atoms with E-state index in [9.17, 15) is 0 Å². The third kappa shape index (κ3) is 1.63. The molecule has 0 saturated carbocycles. The Morgan fingerprint density at radius 1 is 1.43 bits per heavy atom. The highest BCUT2D eigenvalue weighted by Crippen LogP contribution is 2.15. The number of thiazole rings is 1. The fourth-order valence-electron chi connectivity index (χ4n) is 1.42. The van der Waals surface area contributed by atoms with Crippen LogP contribution >= 0.6 is 23.7 Å². The van der Waals surface area contributed by atoms with Gasteiger partial charge in [0, 0.05) is 6.54 Å². The number of benzene rings is 1. The highest BCUT2D eigenvalue weighted by atomic mass is 35.5. The molecular weight excluding hydrogens is 218 g/mol. The van der Waals surface area contributed by atoms with E-state index in [1.807, 2.05) is 12.1 Å². The number of halogens is 1. The molecule has 0 aliphatic carbocycles. The predicted octanol–water partition coefficient (Wildman–Crippen LogP) is 1.92. The van der Waals surface area contributed by atoms with Crippen molar-refractivity contribution in [1.82, 2.24) is 4.57 Å². The van der Waals surface area contributed by atoms with Crippen molar-refractivity contribution in [3.8, 4) is 0 Å². The van der Waals surface area contributed by atoms with Gasteiger partial charge in [-0.2, -0.15) is 5.10 Å². The Balaban J connectivity index is 0.000000980. The average molecular weight is 230 g/mol. The minimum absolute atomic E-state index is 0. The van der Waals surface area contributed by atoms with Gasteiger partial charge in [-0.05, 0) is 19.1 Å². The maximum atomic E-state index is 5.30. The quantitative estimate of drug-likeness (QED) is 0.589. The van der Waals surface area contributed by atoms with Gasteiger partial charge in [0.2, 0.25) is 4.80 Å². The lowest BCUT2D eigenvalue weighted by molar-refractivity contribution is 0.756. The Morgan fingerprint density at radius 3 is 2.79 bits per heavy atom. The summed E-state index contributed by atoms with van der Waals surface area (Å²) in [6.07, 6.45) is 0.